The van der Waals surface area contributed by atoms with Crippen molar-refractivity contribution < 1.29 is 4.52 Å². The molecule has 1 aromatic rings. The van der Waals surface area contributed by atoms with E-state index >= 15 is 0 Å². The second-order valence-corrected chi connectivity index (χ2v) is 4.61. The molecule has 0 amide bonds. The maximum atomic E-state index is 5.14. The molecule has 0 saturated carbocycles. The molecule has 0 spiro atoms. The van der Waals surface area contributed by atoms with E-state index in [-0.39, 0.29) is 0 Å². The van der Waals surface area contributed by atoms with Crippen molar-refractivity contribution in [3.8, 4) is 0 Å². The summed E-state index contributed by atoms with van der Waals surface area (Å²) in [5.41, 5.74) is 0. The zero-order chi connectivity index (χ0) is 11.4. The van der Waals surface area contributed by atoms with Crippen molar-refractivity contribution in [2.75, 3.05) is 27.2 Å². The van der Waals surface area contributed by atoms with E-state index in [1.54, 1.807) is 0 Å². The molecule has 16 heavy (non-hydrogen) atoms. The fraction of sp³-hybridized carbons (Fsp3) is 0.818. The maximum absolute atomic E-state index is 5.14. The normalized spacial score (nSPS) is 22.5. The van der Waals surface area contributed by atoms with E-state index in [0.29, 0.717) is 18.4 Å². The average molecular weight is 224 g/mol. The lowest BCUT2D eigenvalue weighted by atomic mass is 9.95. The van der Waals surface area contributed by atoms with Crippen molar-refractivity contribution >= 4 is 0 Å². The summed E-state index contributed by atoms with van der Waals surface area (Å²) in [7, 11) is 4.05. The minimum absolute atomic E-state index is 0.650. The predicted octanol–water partition coefficient (Wildman–Crippen LogP) is 0.673. The van der Waals surface area contributed by atoms with Crippen molar-refractivity contribution in [1.29, 1.82) is 0 Å². The number of aromatic nitrogens is 2. The minimum atomic E-state index is 0.650. The van der Waals surface area contributed by atoms with Gasteiger partial charge in [0.05, 0.1) is 6.54 Å². The van der Waals surface area contributed by atoms with E-state index in [1.807, 2.05) is 7.05 Å². The molecule has 0 bridgehead atoms. The molecule has 0 aromatic carbocycles. The summed E-state index contributed by atoms with van der Waals surface area (Å²) < 4.78 is 5.14. The highest BCUT2D eigenvalue weighted by Crippen LogP contribution is 2.18. The third-order valence-electron chi connectivity index (χ3n) is 3.03. The van der Waals surface area contributed by atoms with Gasteiger partial charge in [-0.2, -0.15) is 4.98 Å². The highest BCUT2D eigenvalue weighted by Gasteiger charge is 2.19. The van der Waals surface area contributed by atoms with Gasteiger partial charge in [-0.25, -0.2) is 0 Å². The molecule has 1 aliphatic rings. The molecule has 0 aliphatic carbocycles. The van der Waals surface area contributed by atoms with Gasteiger partial charge in [0, 0.05) is 13.0 Å². The molecule has 5 heteroatoms. The summed E-state index contributed by atoms with van der Waals surface area (Å²) in [4.78, 5) is 6.74. The van der Waals surface area contributed by atoms with E-state index in [2.05, 4.69) is 27.4 Å². The molecule has 1 saturated heterocycles. The van der Waals surface area contributed by atoms with Crippen LogP contribution in [0.4, 0.5) is 0 Å². The first kappa shape index (κ1) is 11.5. The molecule has 1 unspecified atom stereocenters. The lowest BCUT2D eigenvalue weighted by Crippen LogP contribution is -2.33. The zero-order valence-electron chi connectivity index (χ0n) is 10.1. The molecular formula is C11H20N4O. The largest absolute Gasteiger partial charge is 0.338 e. The van der Waals surface area contributed by atoms with Crippen LogP contribution in [0.3, 0.4) is 0 Å². The van der Waals surface area contributed by atoms with Gasteiger partial charge in [0.1, 0.15) is 0 Å². The number of nitrogens with one attached hydrogen (secondary N) is 1. The van der Waals surface area contributed by atoms with Crippen LogP contribution in [-0.4, -0.2) is 42.2 Å². The Morgan fingerprint density at radius 2 is 2.44 bits per heavy atom. The number of rotatable bonds is 4. The molecule has 1 fully saturated rings. The summed E-state index contributed by atoms with van der Waals surface area (Å²) in [5, 5.41) is 7.01. The highest BCUT2D eigenvalue weighted by atomic mass is 16.5. The Balaban J connectivity index is 1.87. The lowest BCUT2D eigenvalue weighted by molar-refractivity contribution is 0.206. The van der Waals surface area contributed by atoms with Crippen LogP contribution in [0.25, 0.3) is 0 Å². The number of piperidine rings is 1. The molecule has 2 heterocycles. The third-order valence-corrected chi connectivity index (χ3v) is 3.03. The summed E-state index contributed by atoms with van der Waals surface area (Å²) in [6, 6.07) is 0. The average Bonchev–Trinajstić information content (AvgIpc) is 2.66. The molecule has 1 atom stereocenters. The van der Waals surface area contributed by atoms with Crippen molar-refractivity contribution in [1.82, 2.24) is 20.4 Å². The van der Waals surface area contributed by atoms with Gasteiger partial charge in [0.2, 0.25) is 5.89 Å². The summed E-state index contributed by atoms with van der Waals surface area (Å²) in [6.07, 6.45) is 3.50. The Morgan fingerprint density at radius 3 is 3.19 bits per heavy atom. The van der Waals surface area contributed by atoms with Crippen molar-refractivity contribution in [3.05, 3.63) is 11.7 Å². The fourth-order valence-electron chi connectivity index (χ4n) is 2.29. The first-order valence-electron chi connectivity index (χ1n) is 5.92. The number of likely N-dealkylation sites (tertiary alicyclic amines) is 1. The van der Waals surface area contributed by atoms with Gasteiger partial charge >= 0.3 is 0 Å². The van der Waals surface area contributed by atoms with Crippen LogP contribution in [0.15, 0.2) is 4.52 Å². The van der Waals surface area contributed by atoms with Crippen LogP contribution in [-0.2, 0) is 13.0 Å². The van der Waals surface area contributed by atoms with Gasteiger partial charge in [-0.15, -0.1) is 0 Å². The Labute approximate surface area is 96.2 Å². The smallest absolute Gasteiger partial charge is 0.240 e. The van der Waals surface area contributed by atoms with Crippen LogP contribution >= 0.6 is 0 Å². The first-order chi connectivity index (χ1) is 7.78. The molecular weight excluding hydrogens is 204 g/mol. The molecule has 2 rings (SSSR count). The van der Waals surface area contributed by atoms with Crippen molar-refractivity contribution in [2.24, 2.45) is 5.92 Å². The topological polar surface area (TPSA) is 54.2 Å². The lowest BCUT2D eigenvalue weighted by Gasteiger charge is -2.28. The van der Waals surface area contributed by atoms with Crippen LogP contribution in [0, 0.1) is 5.92 Å². The Kier molecular flexibility index (Phi) is 3.90. The van der Waals surface area contributed by atoms with Gasteiger partial charge in [0.15, 0.2) is 5.82 Å². The van der Waals surface area contributed by atoms with Gasteiger partial charge in [-0.3, -0.25) is 0 Å². The van der Waals surface area contributed by atoms with E-state index in [0.717, 1.165) is 18.8 Å². The highest BCUT2D eigenvalue weighted by molar-refractivity contribution is 4.89. The monoisotopic (exact) mass is 224 g/mol. The second-order valence-electron chi connectivity index (χ2n) is 4.61. The van der Waals surface area contributed by atoms with E-state index in [4.69, 9.17) is 4.52 Å². The van der Waals surface area contributed by atoms with Gasteiger partial charge in [0.25, 0.3) is 0 Å². The predicted molar refractivity (Wildman–Crippen MR) is 61.0 cm³/mol. The molecule has 5 nitrogen and oxygen atoms in total. The first-order valence-corrected chi connectivity index (χ1v) is 5.92. The van der Waals surface area contributed by atoms with Gasteiger partial charge in [-0.05, 0) is 39.4 Å². The fourth-order valence-corrected chi connectivity index (χ4v) is 2.29. The van der Waals surface area contributed by atoms with Gasteiger partial charge in [-0.1, -0.05) is 5.16 Å². The van der Waals surface area contributed by atoms with Gasteiger partial charge < -0.3 is 14.7 Å². The number of hydrogen-bond donors (Lipinski definition) is 1. The van der Waals surface area contributed by atoms with Crippen molar-refractivity contribution in [2.45, 2.75) is 25.8 Å². The molecule has 1 aliphatic heterocycles. The molecule has 1 aromatic heterocycles. The minimum Gasteiger partial charge on any atom is -0.338 e. The molecule has 90 valence electrons. The second kappa shape index (κ2) is 5.41. The van der Waals surface area contributed by atoms with E-state index in [1.165, 1.54) is 19.4 Å². The zero-order valence-corrected chi connectivity index (χ0v) is 10.1. The summed E-state index contributed by atoms with van der Waals surface area (Å²) in [6.45, 7) is 3.02. The SMILES string of the molecule is CNCc1nc(CC2CCCN(C)C2)no1. The maximum Gasteiger partial charge on any atom is 0.240 e. The molecule has 1 N–H and O–H groups in total. The van der Waals surface area contributed by atoms with Crippen LogP contribution < -0.4 is 5.32 Å². The molecule has 0 radical (unpaired) electrons. The van der Waals surface area contributed by atoms with Crippen molar-refractivity contribution in [3.63, 3.8) is 0 Å². The van der Waals surface area contributed by atoms with Crippen LogP contribution in [0.1, 0.15) is 24.6 Å². The Morgan fingerprint density at radius 1 is 1.56 bits per heavy atom. The standard InChI is InChI=1S/C11H20N4O/c1-12-7-11-13-10(14-16-11)6-9-4-3-5-15(2)8-9/h9,12H,3-8H2,1-2H3. The Hall–Kier alpha value is -0.940. The van der Waals surface area contributed by atoms with E-state index < -0.39 is 0 Å². The number of hydrogen-bond acceptors (Lipinski definition) is 5. The summed E-state index contributed by atoms with van der Waals surface area (Å²) >= 11 is 0. The number of nitrogens with zero attached hydrogens (tertiary/aromatic N) is 3. The summed E-state index contributed by atoms with van der Waals surface area (Å²) in [5.74, 6) is 2.21. The quantitative estimate of drug-likeness (QED) is 0.815. The third kappa shape index (κ3) is 3.02. The Bertz CT molecular complexity index is 326. The van der Waals surface area contributed by atoms with Crippen LogP contribution in [0.2, 0.25) is 0 Å². The van der Waals surface area contributed by atoms with Crippen LogP contribution in [0.5, 0.6) is 0 Å². The van der Waals surface area contributed by atoms with E-state index in [9.17, 15) is 0 Å².